The highest BCUT2D eigenvalue weighted by Crippen LogP contribution is 2.25. The van der Waals surface area contributed by atoms with Crippen molar-refractivity contribution in [3.63, 3.8) is 0 Å². The van der Waals surface area contributed by atoms with E-state index in [0.717, 1.165) is 5.56 Å². The van der Waals surface area contributed by atoms with Gasteiger partial charge >= 0.3 is 0 Å². The van der Waals surface area contributed by atoms with Crippen LogP contribution in [0.1, 0.15) is 36.7 Å². The van der Waals surface area contributed by atoms with Gasteiger partial charge in [0, 0.05) is 25.7 Å². The average Bonchev–Trinajstić information content (AvgIpc) is 2.44. The molecule has 21 heavy (non-hydrogen) atoms. The molecule has 1 aromatic carbocycles. The van der Waals surface area contributed by atoms with Crippen LogP contribution in [0.3, 0.4) is 0 Å². The molecule has 2 rings (SSSR count). The van der Waals surface area contributed by atoms with Gasteiger partial charge in [-0.05, 0) is 27.7 Å². The van der Waals surface area contributed by atoms with E-state index in [1.54, 1.807) is 4.90 Å². The molecule has 0 bridgehead atoms. The molecule has 1 fully saturated rings. The predicted molar refractivity (Wildman–Crippen MR) is 83.4 cm³/mol. The van der Waals surface area contributed by atoms with Crippen LogP contribution < -0.4 is 0 Å². The van der Waals surface area contributed by atoms with Gasteiger partial charge in [-0.1, -0.05) is 29.8 Å². The lowest BCUT2D eigenvalue weighted by Gasteiger charge is -2.47. The van der Waals surface area contributed by atoms with E-state index >= 15 is 0 Å². The molecule has 0 aromatic heterocycles. The van der Waals surface area contributed by atoms with E-state index in [4.69, 9.17) is 0 Å². The standard InChI is InChI=1S/C17H24N2O2/c1-12-6-8-14(9-7-12)15(20)13(2)19-11-10-18(5)16(21)17(19,3)4/h6-9,13H,10-11H2,1-5H3. The Hall–Kier alpha value is -1.68. The SMILES string of the molecule is Cc1ccc(C(=O)C(C)N2CCN(C)C(=O)C2(C)C)cc1. The quantitative estimate of drug-likeness (QED) is 0.800. The molecule has 0 aliphatic carbocycles. The maximum atomic E-state index is 12.7. The van der Waals surface area contributed by atoms with Crippen molar-refractivity contribution in [3.8, 4) is 0 Å². The van der Waals surface area contributed by atoms with Crippen LogP contribution in [0.5, 0.6) is 0 Å². The summed E-state index contributed by atoms with van der Waals surface area (Å²) in [5.41, 5.74) is 1.19. The van der Waals surface area contributed by atoms with Gasteiger partial charge in [-0.3, -0.25) is 14.5 Å². The molecule has 4 nitrogen and oxygen atoms in total. The first-order chi connectivity index (χ1) is 9.75. The monoisotopic (exact) mass is 288 g/mol. The molecule has 1 aliphatic rings. The Balaban J connectivity index is 2.23. The zero-order valence-corrected chi connectivity index (χ0v) is 13.5. The van der Waals surface area contributed by atoms with E-state index in [2.05, 4.69) is 0 Å². The maximum absolute atomic E-state index is 12.7. The van der Waals surface area contributed by atoms with Crippen molar-refractivity contribution in [2.45, 2.75) is 39.3 Å². The topological polar surface area (TPSA) is 40.6 Å². The number of carbonyl (C=O) groups excluding carboxylic acids is 2. The van der Waals surface area contributed by atoms with Gasteiger partial charge in [-0.25, -0.2) is 0 Å². The van der Waals surface area contributed by atoms with Crippen molar-refractivity contribution in [3.05, 3.63) is 35.4 Å². The third-order valence-corrected chi connectivity index (χ3v) is 4.45. The van der Waals surface area contributed by atoms with Crippen LogP contribution in [0.4, 0.5) is 0 Å². The molecular formula is C17H24N2O2. The second kappa shape index (κ2) is 5.60. The first-order valence-electron chi connectivity index (χ1n) is 7.38. The van der Waals surface area contributed by atoms with Gasteiger partial charge in [0.2, 0.25) is 5.91 Å². The lowest BCUT2D eigenvalue weighted by Crippen LogP contribution is -2.65. The molecule has 1 atom stereocenters. The van der Waals surface area contributed by atoms with Crippen LogP contribution in [0.15, 0.2) is 24.3 Å². The highest BCUT2D eigenvalue weighted by molar-refractivity contribution is 6.00. The fourth-order valence-electron chi connectivity index (χ4n) is 3.01. The van der Waals surface area contributed by atoms with E-state index in [1.165, 1.54) is 0 Å². The smallest absolute Gasteiger partial charge is 0.242 e. The summed E-state index contributed by atoms with van der Waals surface area (Å²) >= 11 is 0. The van der Waals surface area contributed by atoms with E-state index in [0.29, 0.717) is 18.7 Å². The minimum absolute atomic E-state index is 0.0670. The Kier molecular flexibility index (Phi) is 4.19. The predicted octanol–water partition coefficient (Wildman–Crippen LogP) is 2.12. The molecule has 4 heteroatoms. The van der Waals surface area contributed by atoms with Crippen molar-refractivity contribution < 1.29 is 9.59 Å². The van der Waals surface area contributed by atoms with Gasteiger partial charge < -0.3 is 4.90 Å². The van der Waals surface area contributed by atoms with Crippen molar-refractivity contribution in [1.82, 2.24) is 9.80 Å². The number of hydrogen-bond donors (Lipinski definition) is 0. The van der Waals surface area contributed by atoms with Gasteiger partial charge in [0.15, 0.2) is 5.78 Å². The van der Waals surface area contributed by atoms with Gasteiger partial charge in [-0.2, -0.15) is 0 Å². The van der Waals surface area contributed by atoms with Crippen LogP contribution in [0, 0.1) is 6.92 Å². The van der Waals surface area contributed by atoms with Crippen LogP contribution in [0.2, 0.25) is 0 Å². The first-order valence-corrected chi connectivity index (χ1v) is 7.38. The molecule has 1 amide bonds. The molecular weight excluding hydrogens is 264 g/mol. The van der Waals surface area contributed by atoms with Crippen LogP contribution in [0.25, 0.3) is 0 Å². The summed E-state index contributed by atoms with van der Waals surface area (Å²) < 4.78 is 0. The molecule has 1 unspecified atom stereocenters. The number of nitrogens with zero attached hydrogens (tertiary/aromatic N) is 2. The third kappa shape index (κ3) is 2.86. The molecule has 1 aliphatic heterocycles. The van der Waals surface area contributed by atoms with Crippen LogP contribution >= 0.6 is 0 Å². The lowest BCUT2D eigenvalue weighted by atomic mass is 9.93. The number of rotatable bonds is 3. The number of ketones is 1. The lowest BCUT2D eigenvalue weighted by molar-refractivity contribution is -0.148. The summed E-state index contributed by atoms with van der Waals surface area (Å²) in [7, 11) is 1.81. The van der Waals surface area contributed by atoms with E-state index < -0.39 is 5.54 Å². The number of carbonyl (C=O) groups is 2. The normalized spacial score (nSPS) is 20.4. The first kappa shape index (κ1) is 15.7. The van der Waals surface area contributed by atoms with Crippen LogP contribution in [-0.4, -0.2) is 53.2 Å². The highest BCUT2D eigenvalue weighted by atomic mass is 16.2. The zero-order valence-electron chi connectivity index (χ0n) is 13.5. The second-order valence-electron chi connectivity index (χ2n) is 6.39. The number of piperazine rings is 1. The van der Waals surface area contributed by atoms with Crippen molar-refractivity contribution in [1.29, 1.82) is 0 Å². The largest absolute Gasteiger partial charge is 0.343 e. The number of aryl methyl sites for hydroxylation is 1. The Morgan fingerprint density at radius 1 is 1.19 bits per heavy atom. The maximum Gasteiger partial charge on any atom is 0.242 e. The Morgan fingerprint density at radius 2 is 1.76 bits per heavy atom. The third-order valence-electron chi connectivity index (χ3n) is 4.45. The van der Waals surface area contributed by atoms with E-state index in [-0.39, 0.29) is 17.7 Å². The van der Waals surface area contributed by atoms with Gasteiger partial charge in [0.25, 0.3) is 0 Å². The number of likely N-dealkylation sites (N-methyl/N-ethyl adjacent to an activating group) is 1. The molecule has 0 spiro atoms. The molecule has 114 valence electrons. The molecule has 1 saturated heterocycles. The molecule has 0 saturated carbocycles. The van der Waals surface area contributed by atoms with Crippen LogP contribution in [-0.2, 0) is 4.79 Å². The minimum atomic E-state index is -0.646. The van der Waals surface area contributed by atoms with Crippen molar-refractivity contribution in [2.75, 3.05) is 20.1 Å². The van der Waals surface area contributed by atoms with Crippen molar-refractivity contribution in [2.24, 2.45) is 0 Å². The number of hydrogen-bond acceptors (Lipinski definition) is 3. The summed E-state index contributed by atoms with van der Waals surface area (Å²) in [5.74, 6) is 0.137. The zero-order chi connectivity index (χ0) is 15.8. The van der Waals surface area contributed by atoms with Gasteiger partial charge in [-0.15, -0.1) is 0 Å². The Labute approximate surface area is 126 Å². The molecule has 0 N–H and O–H groups in total. The number of amides is 1. The average molecular weight is 288 g/mol. The molecule has 0 radical (unpaired) electrons. The summed E-state index contributed by atoms with van der Waals surface area (Å²) in [6.07, 6.45) is 0. The van der Waals surface area contributed by atoms with E-state index in [1.807, 2.05) is 63.9 Å². The number of benzene rings is 1. The summed E-state index contributed by atoms with van der Waals surface area (Å²) in [4.78, 5) is 28.8. The van der Waals surface area contributed by atoms with E-state index in [9.17, 15) is 9.59 Å². The fourth-order valence-corrected chi connectivity index (χ4v) is 3.01. The number of Topliss-reactive ketones (excluding diaryl/α,β-unsaturated/α-hetero) is 1. The molecule has 1 heterocycles. The second-order valence-corrected chi connectivity index (χ2v) is 6.39. The van der Waals surface area contributed by atoms with Gasteiger partial charge in [0.1, 0.15) is 0 Å². The summed E-state index contributed by atoms with van der Waals surface area (Å²) in [6.45, 7) is 9.05. The summed E-state index contributed by atoms with van der Waals surface area (Å²) in [5, 5.41) is 0. The van der Waals surface area contributed by atoms with Crippen molar-refractivity contribution >= 4 is 11.7 Å². The Bertz CT molecular complexity index is 548. The van der Waals surface area contributed by atoms with Gasteiger partial charge in [0.05, 0.1) is 11.6 Å². The Morgan fingerprint density at radius 3 is 2.33 bits per heavy atom. The summed E-state index contributed by atoms with van der Waals surface area (Å²) in [6, 6.07) is 7.30. The molecule has 1 aromatic rings. The minimum Gasteiger partial charge on any atom is -0.343 e. The highest BCUT2D eigenvalue weighted by Gasteiger charge is 2.44. The fraction of sp³-hybridized carbons (Fsp3) is 0.529.